The molecule has 0 radical (unpaired) electrons. The van der Waals surface area contributed by atoms with Crippen molar-refractivity contribution in [3.05, 3.63) is 72.9 Å². The molecule has 0 amide bonds. The molecule has 1 unspecified atom stereocenters. The molecular formula is C58H100O6. The lowest BCUT2D eigenvalue weighted by Crippen LogP contribution is -2.30. The Bertz CT molecular complexity index is 1210. The summed E-state index contributed by atoms with van der Waals surface area (Å²) < 4.78 is 16.7. The molecule has 368 valence electrons. The maximum atomic E-state index is 12.6. The van der Waals surface area contributed by atoms with Crippen LogP contribution in [0.4, 0.5) is 0 Å². The highest BCUT2D eigenvalue weighted by Gasteiger charge is 2.19. The molecule has 0 aliphatic carbocycles. The molecule has 64 heavy (non-hydrogen) atoms. The van der Waals surface area contributed by atoms with E-state index >= 15 is 0 Å². The van der Waals surface area contributed by atoms with Gasteiger partial charge in [-0.15, -0.1) is 0 Å². The van der Waals surface area contributed by atoms with Gasteiger partial charge in [0.25, 0.3) is 0 Å². The number of hydrogen-bond donors (Lipinski definition) is 0. The van der Waals surface area contributed by atoms with Crippen molar-refractivity contribution in [2.24, 2.45) is 0 Å². The van der Waals surface area contributed by atoms with Crippen molar-refractivity contribution in [3.8, 4) is 0 Å². The fourth-order valence-electron chi connectivity index (χ4n) is 7.45. The van der Waals surface area contributed by atoms with Crippen molar-refractivity contribution in [1.82, 2.24) is 0 Å². The van der Waals surface area contributed by atoms with E-state index in [1.165, 1.54) is 122 Å². The summed E-state index contributed by atoms with van der Waals surface area (Å²) in [4.78, 5) is 37.6. The number of carbonyl (C=O) groups is 3. The predicted octanol–water partition coefficient (Wildman–Crippen LogP) is 17.8. The number of carbonyl (C=O) groups excluding carboxylic acids is 3. The van der Waals surface area contributed by atoms with Gasteiger partial charge in [-0.3, -0.25) is 14.4 Å². The Balaban J connectivity index is 3.98. The average Bonchev–Trinajstić information content (AvgIpc) is 3.29. The van der Waals surface area contributed by atoms with Gasteiger partial charge in [-0.05, 0) is 70.6 Å². The first kappa shape index (κ1) is 60.9. The summed E-state index contributed by atoms with van der Waals surface area (Å²) in [7, 11) is 0. The normalized spacial score (nSPS) is 12.6. The van der Waals surface area contributed by atoms with E-state index in [-0.39, 0.29) is 31.1 Å². The van der Waals surface area contributed by atoms with Crippen LogP contribution in [-0.2, 0) is 28.6 Å². The van der Waals surface area contributed by atoms with Gasteiger partial charge in [0.15, 0.2) is 6.10 Å². The number of rotatable bonds is 48. The zero-order valence-electron chi connectivity index (χ0n) is 42.0. The quantitative estimate of drug-likeness (QED) is 0.0262. The highest BCUT2D eigenvalue weighted by molar-refractivity contribution is 5.71. The Labute approximate surface area is 395 Å². The van der Waals surface area contributed by atoms with Crippen molar-refractivity contribution in [2.45, 2.75) is 264 Å². The molecule has 0 saturated carbocycles. The highest BCUT2D eigenvalue weighted by Crippen LogP contribution is 2.15. The lowest BCUT2D eigenvalue weighted by atomic mass is 10.0. The third kappa shape index (κ3) is 49.9. The van der Waals surface area contributed by atoms with Crippen LogP contribution < -0.4 is 0 Å². The zero-order chi connectivity index (χ0) is 46.5. The van der Waals surface area contributed by atoms with Crippen LogP contribution in [0, 0.1) is 0 Å². The van der Waals surface area contributed by atoms with Crippen molar-refractivity contribution >= 4 is 17.9 Å². The average molecular weight is 893 g/mol. The Morgan fingerprint density at radius 1 is 0.328 bits per heavy atom. The van der Waals surface area contributed by atoms with Crippen LogP contribution in [0.5, 0.6) is 0 Å². The van der Waals surface area contributed by atoms with E-state index in [0.717, 1.165) is 96.3 Å². The van der Waals surface area contributed by atoms with Crippen LogP contribution in [0.25, 0.3) is 0 Å². The van der Waals surface area contributed by atoms with Gasteiger partial charge in [0.05, 0.1) is 0 Å². The maximum absolute atomic E-state index is 12.6. The van der Waals surface area contributed by atoms with Crippen molar-refractivity contribution in [3.63, 3.8) is 0 Å². The second-order valence-electron chi connectivity index (χ2n) is 17.8. The third-order valence-corrected chi connectivity index (χ3v) is 11.5. The van der Waals surface area contributed by atoms with Gasteiger partial charge in [-0.2, -0.15) is 0 Å². The van der Waals surface area contributed by atoms with E-state index in [9.17, 15) is 14.4 Å². The zero-order valence-corrected chi connectivity index (χ0v) is 42.0. The third-order valence-electron chi connectivity index (χ3n) is 11.5. The molecular weight excluding hydrogens is 793 g/mol. The summed E-state index contributed by atoms with van der Waals surface area (Å²) in [5.41, 5.74) is 0. The molecule has 0 aromatic carbocycles. The van der Waals surface area contributed by atoms with Gasteiger partial charge in [0, 0.05) is 19.3 Å². The highest BCUT2D eigenvalue weighted by atomic mass is 16.6. The van der Waals surface area contributed by atoms with Crippen LogP contribution in [0.2, 0.25) is 0 Å². The molecule has 0 N–H and O–H groups in total. The Morgan fingerprint density at radius 2 is 0.609 bits per heavy atom. The SMILES string of the molecule is CC/C=C\C/C=C\C/C=C\C/C=C\C/C=C\C/C=C\CCCCCCCCCCCCCCC(=O)OCC(COC(=O)CCCCCCCCC)OC(=O)CCCCCCCCCC. The van der Waals surface area contributed by atoms with Gasteiger partial charge in [0.2, 0.25) is 0 Å². The molecule has 1 atom stereocenters. The summed E-state index contributed by atoms with van der Waals surface area (Å²) in [5, 5.41) is 0. The molecule has 6 nitrogen and oxygen atoms in total. The molecule has 0 aromatic heterocycles. The van der Waals surface area contributed by atoms with Gasteiger partial charge < -0.3 is 14.2 Å². The van der Waals surface area contributed by atoms with E-state index in [2.05, 4.69) is 93.7 Å². The molecule has 0 bridgehead atoms. The second-order valence-corrected chi connectivity index (χ2v) is 17.8. The van der Waals surface area contributed by atoms with Crippen molar-refractivity contribution < 1.29 is 28.6 Å². The van der Waals surface area contributed by atoms with Gasteiger partial charge in [-0.25, -0.2) is 0 Å². The lowest BCUT2D eigenvalue weighted by molar-refractivity contribution is -0.167. The molecule has 0 rings (SSSR count). The Morgan fingerprint density at radius 3 is 0.953 bits per heavy atom. The minimum Gasteiger partial charge on any atom is -0.462 e. The lowest BCUT2D eigenvalue weighted by Gasteiger charge is -2.18. The molecule has 0 aliphatic rings. The van der Waals surface area contributed by atoms with Crippen molar-refractivity contribution in [2.75, 3.05) is 13.2 Å². The van der Waals surface area contributed by atoms with Crippen molar-refractivity contribution in [1.29, 1.82) is 0 Å². The largest absolute Gasteiger partial charge is 0.462 e. The maximum Gasteiger partial charge on any atom is 0.306 e. The molecule has 0 aliphatic heterocycles. The van der Waals surface area contributed by atoms with Crippen LogP contribution in [0.3, 0.4) is 0 Å². The van der Waals surface area contributed by atoms with E-state index in [1.807, 2.05) is 0 Å². The van der Waals surface area contributed by atoms with E-state index in [0.29, 0.717) is 19.3 Å². The Kier molecular flexibility index (Phi) is 49.9. The molecule has 0 fully saturated rings. The van der Waals surface area contributed by atoms with Gasteiger partial charge >= 0.3 is 17.9 Å². The second kappa shape index (κ2) is 52.5. The van der Waals surface area contributed by atoms with Gasteiger partial charge in [-0.1, -0.05) is 241 Å². The fraction of sp³-hybridized carbons (Fsp3) is 0.741. The first-order chi connectivity index (χ1) is 31.5. The van der Waals surface area contributed by atoms with Gasteiger partial charge in [0.1, 0.15) is 13.2 Å². The molecule has 0 spiro atoms. The summed E-state index contributed by atoms with van der Waals surface area (Å²) in [6.07, 6.45) is 66.5. The predicted molar refractivity (Wildman–Crippen MR) is 274 cm³/mol. The first-order valence-corrected chi connectivity index (χ1v) is 26.9. The van der Waals surface area contributed by atoms with E-state index < -0.39 is 6.10 Å². The topological polar surface area (TPSA) is 78.9 Å². The number of allylic oxidation sites excluding steroid dienone is 12. The number of ether oxygens (including phenoxy) is 3. The minimum atomic E-state index is -0.767. The number of esters is 3. The standard InChI is InChI=1S/C58H100O6/c1-4-7-10-13-16-18-19-20-21-22-23-24-25-26-27-28-29-30-31-32-33-34-35-36-37-38-39-40-43-45-48-51-57(60)63-54-55(53-62-56(59)50-47-44-41-15-12-9-6-3)64-58(61)52-49-46-42-17-14-11-8-5-2/h7,10,16,18,20-21,23-24,26-27,29-30,55H,4-6,8-9,11-15,17,19,22,25,28,31-54H2,1-3H3/b10-7-,18-16-,21-20-,24-23-,27-26-,30-29-. The molecule has 6 heteroatoms. The molecule has 0 heterocycles. The first-order valence-electron chi connectivity index (χ1n) is 26.9. The van der Waals surface area contributed by atoms with E-state index in [4.69, 9.17) is 14.2 Å². The summed E-state index contributed by atoms with van der Waals surface area (Å²) in [6, 6.07) is 0. The fourth-order valence-corrected chi connectivity index (χ4v) is 7.45. The van der Waals surface area contributed by atoms with Crippen LogP contribution in [0.15, 0.2) is 72.9 Å². The monoisotopic (exact) mass is 893 g/mol. The number of unbranched alkanes of at least 4 members (excludes halogenated alkanes) is 25. The van der Waals surface area contributed by atoms with Crippen LogP contribution >= 0.6 is 0 Å². The van der Waals surface area contributed by atoms with E-state index in [1.54, 1.807) is 0 Å². The summed E-state index contributed by atoms with van der Waals surface area (Å²) in [6.45, 7) is 6.45. The smallest absolute Gasteiger partial charge is 0.306 e. The number of hydrogen-bond acceptors (Lipinski definition) is 6. The van der Waals surface area contributed by atoms with Crippen LogP contribution in [0.1, 0.15) is 258 Å². The molecule has 0 saturated heterocycles. The minimum absolute atomic E-state index is 0.0726. The summed E-state index contributed by atoms with van der Waals surface area (Å²) >= 11 is 0. The molecule has 0 aromatic rings. The Hall–Kier alpha value is -3.15. The summed E-state index contributed by atoms with van der Waals surface area (Å²) in [5.74, 6) is -0.883. The van der Waals surface area contributed by atoms with Crippen LogP contribution in [-0.4, -0.2) is 37.2 Å².